The van der Waals surface area contributed by atoms with Gasteiger partial charge in [-0.05, 0) is 25.0 Å². The van der Waals surface area contributed by atoms with E-state index < -0.39 is 0 Å². The van der Waals surface area contributed by atoms with Gasteiger partial charge in [-0.1, -0.05) is 60.7 Å². The van der Waals surface area contributed by atoms with Gasteiger partial charge in [-0.15, -0.1) is 0 Å². The minimum atomic E-state index is 1.23. The van der Waals surface area contributed by atoms with Gasteiger partial charge in [0, 0.05) is 0 Å². The van der Waals surface area contributed by atoms with Gasteiger partial charge in [-0.3, -0.25) is 0 Å². The van der Waals surface area contributed by atoms with E-state index in [-0.39, 0.29) is 0 Å². The van der Waals surface area contributed by atoms with Crippen molar-refractivity contribution in [2.45, 2.75) is 13.8 Å². The molecular weight excluding hydrogens is 168 g/mol. The highest BCUT2D eigenvalue weighted by Gasteiger charge is 1.84. The van der Waals surface area contributed by atoms with Gasteiger partial charge in [-0.2, -0.15) is 0 Å². The lowest BCUT2D eigenvalue weighted by molar-refractivity contribution is 1.57. The second-order valence-electron chi connectivity index (χ2n) is 3.03. The van der Waals surface area contributed by atoms with Crippen molar-refractivity contribution in [1.29, 1.82) is 0 Å². The minimum absolute atomic E-state index is 1.23. The standard InChI is InChI=1S/C14H16/c1-3-8-13(4-2)11-12-14-9-6-5-7-10-14/h3-12H,1-2H3/b8-3-,12-11+,13-4+. The Hall–Kier alpha value is -1.56. The van der Waals surface area contributed by atoms with Gasteiger partial charge in [0.2, 0.25) is 0 Å². The van der Waals surface area contributed by atoms with E-state index in [2.05, 4.69) is 36.4 Å². The monoisotopic (exact) mass is 184 g/mol. The summed E-state index contributed by atoms with van der Waals surface area (Å²) in [4.78, 5) is 0. The molecule has 0 spiro atoms. The molecular formula is C14H16. The molecule has 1 rings (SSSR count). The van der Waals surface area contributed by atoms with E-state index in [1.165, 1.54) is 11.1 Å². The predicted molar refractivity (Wildman–Crippen MR) is 64.0 cm³/mol. The maximum Gasteiger partial charge on any atom is -0.0256 e. The van der Waals surface area contributed by atoms with Crippen LogP contribution in [0.4, 0.5) is 0 Å². The summed E-state index contributed by atoms with van der Waals surface area (Å²) in [6.45, 7) is 4.07. The van der Waals surface area contributed by atoms with E-state index in [9.17, 15) is 0 Å². The van der Waals surface area contributed by atoms with Crippen LogP contribution in [0.5, 0.6) is 0 Å². The molecule has 0 saturated heterocycles. The molecule has 14 heavy (non-hydrogen) atoms. The van der Waals surface area contributed by atoms with Crippen LogP contribution in [-0.4, -0.2) is 0 Å². The number of allylic oxidation sites excluding steroid dienone is 5. The fourth-order valence-corrected chi connectivity index (χ4v) is 1.20. The summed E-state index contributed by atoms with van der Waals surface area (Å²) < 4.78 is 0. The highest BCUT2D eigenvalue weighted by atomic mass is 13.9. The normalized spacial score (nSPS) is 12.9. The van der Waals surface area contributed by atoms with Crippen LogP contribution in [0.2, 0.25) is 0 Å². The Kier molecular flexibility index (Phi) is 4.49. The molecule has 0 radical (unpaired) electrons. The van der Waals surface area contributed by atoms with Crippen LogP contribution >= 0.6 is 0 Å². The summed E-state index contributed by atoms with van der Waals surface area (Å²) >= 11 is 0. The van der Waals surface area contributed by atoms with Gasteiger partial charge < -0.3 is 0 Å². The first kappa shape index (κ1) is 10.5. The summed E-state index contributed by atoms with van der Waals surface area (Å²) in [6, 6.07) is 10.3. The fraction of sp³-hybridized carbons (Fsp3) is 0.143. The van der Waals surface area contributed by atoms with Crippen molar-refractivity contribution in [3.63, 3.8) is 0 Å². The molecule has 72 valence electrons. The summed E-state index contributed by atoms with van der Waals surface area (Å²) in [5.74, 6) is 0. The van der Waals surface area contributed by atoms with Crippen LogP contribution < -0.4 is 0 Å². The fourth-order valence-electron chi connectivity index (χ4n) is 1.20. The topological polar surface area (TPSA) is 0 Å². The first-order valence-electron chi connectivity index (χ1n) is 4.89. The lowest BCUT2D eigenvalue weighted by atomic mass is 10.1. The Morgan fingerprint density at radius 2 is 1.71 bits per heavy atom. The third-order valence-corrected chi connectivity index (χ3v) is 1.96. The highest BCUT2D eigenvalue weighted by molar-refractivity contribution is 5.54. The van der Waals surface area contributed by atoms with Crippen molar-refractivity contribution in [2.75, 3.05) is 0 Å². The lowest BCUT2D eigenvalue weighted by Crippen LogP contribution is -1.71. The van der Waals surface area contributed by atoms with E-state index in [1.807, 2.05) is 38.1 Å². The molecule has 0 aliphatic carbocycles. The zero-order valence-corrected chi connectivity index (χ0v) is 8.77. The largest absolute Gasteiger partial charge is 0.0871 e. The summed E-state index contributed by atoms with van der Waals surface area (Å²) in [5, 5.41) is 0. The quantitative estimate of drug-likeness (QED) is 0.617. The van der Waals surface area contributed by atoms with Crippen molar-refractivity contribution in [3.8, 4) is 0 Å². The maximum absolute atomic E-state index is 2.12. The van der Waals surface area contributed by atoms with Crippen molar-refractivity contribution in [3.05, 3.63) is 65.8 Å². The van der Waals surface area contributed by atoms with Gasteiger partial charge in [0.1, 0.15) is 0 Å². The predicted octanol–water partition coefficient (Wildman–Crippen LogP) is 4.22. The first-order valence-corrected chi connectivity index (χ1v) is 4.89. The average molecular weight is 184 g/mol. The minimum Gasteiger partial charge on any atom is -0.0871 e. The van der Waals surface area contributed by atoms with E-state index >= 15 is 0 Å². The zero-order chi connectivity index (χ0) is 10.2. The van der Waals surface area contributed by atoms with Gasteiger partial charge >= 0.3 is 0 Å². The molecule has 0 atom stereocenters. The third-order valence-electron chi connectivity index (χ3n) is 1.96. The maximum atomic E-state index is 2.12. The molecule has 0 nitrogen and oxygen atoms in total. The van der Waals surface area contributed by atoms with E-state index in [4.69, 9.17) is 0 Å². The molecule has 0 fully saturated rings. The molecule has 0 heterocycles. The van der Waals surface area contributed by atoms with Gasteiger partial charge in [0.15, 0.2) is 0 Å². The van der Waals surface area contributed by atoms with Crippen molar-refractivity contribution < 1.29 is 0 Å². The van der Waals surface area contributed by atoms with E-state index in [0.717, 1.165) is 0 Å². The molecule has 0 aromatic heterocycles. The lowest BCUT2D eigenvalue weighted by Gasteiger charge is -1.93. The van der Waals surface area contributed by atoms with Crippen LogP contribution in [0.25, 0.3) is 6.08 Å². The molecule has 0 saturated carbocycles. The van der Waals surface area contributed by atoms with Gasteiger partial charge in [0.05, 0.1) is 0 Å². The smallest absolute Gasteiger partial charge is 0.0256 e. The van der Waals surface area contributed by atoms with Gasteiger partial charge in [0.25, 0.3) is 0 Å². The summed E-state index contributed by atoms with van der Waals surface area (Å²) in [7, 11) is 0. The molecule has 0 N–H and O–H groups in total. The summed E-state index contributed by atoms with van der Waals surface area (Å²) in [5.41, 5.74) is 2.47. The molecule has 1 aromatic rings. The SMILES string of the molecule is C\C=C/C(/C=C/c1ccccc1)=C\C. The second kappa shape index (κ2) is 5.98. The zero-order valence-electron chi connectivity index (χ0n) is 8.77. The molecule has 0 heteroatoms. The Labute approximate surface area is 86.3 Å². The molecule has 0 amide bonds. The highest BCUT2D eigenvalue weighted by Crippen LogP contribution is 2.05. The number of rotatable bonds is 3. The summed E-state index contributed by atoms with van der Waals surface area (Å²) in [6.07, 6.45) is 10.5. The molecule has 0 bridgehead atoms. The van der Waals surface area contributed by atoms with Crippen molar-refractivity contribution >= 4 is 6.08 Å². The Balaban J connectivity index is 2.73. The number of hydrogen-bond acceptors (Lipinski definition) is 0. The Morgan fingerprint density at radius 1 is 1.00 bits per heavy atom. The van der Waals surface area contributed by atoms with Crippen LogP contribution in [-0.2, 0) is 0 Å². The number of benzene rings is 1. The third kappa shape index (κ3) is 3.44. The molecule has 0 aliphatic rings. The van der Waals surface area contributed by atoms with E-state index in [0.29, 0.717) is 0 Å². The first-order chi connectivity index (χ1) is 6.86. The molecule has 1 aromatic carbocycles. The van der Waals surface area contributed by atoms with Crippen LogP contribution in [0.15, 0.2) is 60.2 Å². The van der Waals surface area contributed by atoms with Crippen molar-refractivity contribution in [2.24, 2.45) is 0 Å². The van der Waals surface area contributed by atoms with Gasteiger partial charge in [-0.25, -0.2) is 0 Å². The Morgan fingerprint density at radius 3 is 2.29 bits per heavy atom. The van der Waals surface area contributed by atoms with Crippen LogP contribution in [0.1, 0.15) is 19.4 Å². The van der Waals surface area contributed by atoms with E-state index in [1.54, 1.807) is 0 Å². The Bertz CT molecular complexity index is 340. The van der Waals surface area contributed by atoms with Crippen LogP contribution in [0, 0.1) is 0 Å². The molecule has 0 unspecified atom stereocenters. The average Bonchev–Trinajstić information content (AvgIpc) is 2.25. The second-order valence-corrected chi connectivity index (χ2v) is 3.03. The van der Waals surface area contributed by atoms with Crippen molar-refractivity contribution in [1.82, 2.24) is 0 Å². The molecule has 0 aliphatic heterocycles. The number of hydrogen-bond donors (Lipinski definition) is 0. The van der Waals surface area contributed by atoms with Crippen LogP contribution in [0.3, 0.4) is 0 Å².